The highest BCUT2D eigenvalue weighted by molar-refractivity contribution is 9.10. The second-order valence-corrected chi connectivity index (χ2v) is 10.5. The molecule has 1 aromatic heterocycles. The van der Waals surface area contributed by atoms with Crippen LogP contribution in [0.3, 0.4) is 0 Å². The number of halogens is 1. The van der Waals surface area contributed by atoms with Gasteiger partial charge < -0.3 is 10.4 Å². The normalized spacial score (nSPS) is 30.3. The number of hydrogen-bond donors (Lipinski definition) is 2. The van der Waals surface area contributed by atoms with Crippen molar-refractivity contribution < 1.29 is 9.90 Å². The van der Waals surface area contributed by atoms with Crippen molar-refractivity contribution in [3.8, 4) is 11.4 Å². The molecular formula is C23H26BrN3O3. The lowest BCUT2D eigenvalue weighted by Crippen LogP contribution is -2.56. The summed E-state index contributed by atoms with van der Waals surface area (Å²) in [5.41, 5.74) is 0.0844. The zero-order valence-electron chi connectivity index (χ0n) is 17.0. The van der Waals surface area contributed by atoms with Crippen LogP contribution in [0.2, 0.25) is 0 Å². The molecule has 1 atom stereocenters. The minimum absolute atomic E-state index is 0.00709. The zero-order valence-corrected chi connectivity index (χ0v) is 18.6. The lowest BCUT2D eigenvalue weighted by molar-refractivity contribution is -0.0688. The molecule has 1 amide bonds. The van der Waals surface area contributed by atoms with E-state index in [9.17, 15) is 14.7 Å². The topological polar surface area (TPSA) is 84.2 Å². The first-order chi connectivity index (χ1) is 14.3. The van der Waals surface area contributed by atoms with Gasteiger partial charge in [-0.1, -0.05) is 15.9 Å². The van der Waals surface area contributed by atoms with Gasteiger partial charge in [0.05, 0.1) is 5.69 Å². The van der Waals surface area contributed by atoms with Gasteiger partial charge in [-0.05, 0) is 92.9 Å². The molecule has 6 rings (SSSR count). The van der Waals surface area contributed by atoms with Crippen molar-refractivity contribution >= 4 is 21.8 Å². The van der Waals surface area contributed by atoms with Crippen LogP contribution < -0.4 is 10.9 Å². The summed E-state index contributed by atoms with van der Waals surface area (Å²) in [6.07, 6.45) is 7.58. The van der Waals surface area contributed by atoms with Gasteiger partial charge in [0.1, 0.15) is 0 Å². The number of rotatable bonds is 4. The fourth-order valence-corrected chi connectivity index (χ4v) is 6.77. The molecule has 2 aromatic rings. The van der Waals surface area contributed by atoms with Gasteiger partial charge in [0.25, 0.3) is 11.5 Å². The van der Waals surface area contributed by atoms with Crippen LogP contribution in [-0.2, 0) is 0 Å². The second-order valence-electron chi connectivity index (χ2n) is 9.58. The minimum atomic E-state index is -0.486. The number of carbonyl (C=O) groups is 1. The van der Waals surface area contributed by atoms with Crippen LogP contribution >= 0.6 is 15.9 Å². The average molecular weight is 472 g/mol. The number of hydrogen-bond acceptors (Lipinski definition) is 4. The van der Waals surface area contributed by atoms with Gasteiger partial charge in [0.15, 0.2) is 11.4 Å². The number of carbonyl (C=O) groups excluding carboxylic acids is 1. The van der Waals surface area contributed by atoms with E-state index in [0.29, 0.717) is 5.69 Å². The van der Waals surface area contributed by atoms with E-state index >= 15 is 0 Å². The summed E-state index contributed by atoms with van der Waals surface area (Å²) in [6.45, 7) is 2.09. The van der Waals surface area contributed by atoms with Crippen LogP contribution in [0.4, 0.5) is 0 Å². The van der Waals surface area contributed by atoms with Gasteiger partial charge in [-0.25, -0.2) is 0 Å². The Hall–Kier alpha value is -2.15. The summed E-state index contributed by atoms with van der Waals surface area (Å²) in [5.74, 6) is 1.56. The van der Waals surface area contributed by atoms with Crippen LogP contribution in [0.15, 0.2) is 39.6 Å². The van der Waals surface area contributed by atoms with Gasteiger partial charge in [-0.2, -0.15) is 9.78 Å². The lowest BCUT2D eigenvalue weighted by atomic mass is 9.48. The van der Waals surface area contributed by atoms with E-state index in [1.165, 1.54) is 38.5 Å². The third kappa shape index (κ3) is 3.37. The fraction of sp³-hybridized carbons (Fsp3) is 0.522. The Morgan fingerprint density at radius 2 is 1.73 bits per heavy atom. The first-order valence-corrected chi connectivity index (χ1v) is 11.5. The van der Waals surface area contributed by atoms with Crippen molar-refractivity contribution in [1.82, 2.24) is 15.1 Å². The maximum atomic E-state index is 13.1. The van der Waals surface area contributed by atoms with E-state index in [-0.39, 0.29) is 22.9 Å². The fourth-order valence-electron chi connectivity index (χ4n) is 6.50. The Morgan fingerprint density at radius 3 is 2.30 bits per heavy atom. The number of amides is 1. The molecule has 30 heavy (non-hydrogen) atoms. The quantitative estimate of drug-likeness (QED) is 0.704. The molecule has 0 radical (unpaired) electrons. The molecule has 4 bridgehead atoms. The van der Waals surface area contributed by atoms with E-state index in [1.807, 2.05) is 0 Å². The number of benzene rings is 1. The van der Waals surface area contributed by atoms with E-state index in [2.05, 4.69) is 33.3 Å². The van der Waals surface area contributed by atoms with Crippen molar-refractivity contribution in [2.45, 2.75) is 51.5 Å². The van der Waals surface area contributed by atoms with Crippen LogP contribution in [0.1, 0.15) is 55.9 Å². The van der Waals surface area contributed by atoms with E-state index in [1.54, 1.807) is 24.3 Å². The summed E-state index contributed by atoms with van der Waals surface area (Å²) in [4.78, 5) is 25.4. The summed E-state index contributed by atoms with van der Waals surface area (Å²) >= 11 is 3.37. The third-order valence-corrected chi connectivity index (χ3v) is 8.08. The smallest absolute Gasteiger partial charge is 0.275 e. The molecule has 4 fully saturated rings. The Balaban J connectivity index is 1.40. The molecule has 4 aliphatic carbocycles. The summed E-state index contributed by atoms with van der Waals surface area (Å²) < 4.78 is 2.02. The number of aromatic hydroxyl groups is 1. The average Bonchev–Trinajstić information content (AvgIpc) is 2.68. The predicted octanol–water partition coefficient (Wildman–Crippen LogP) is 4.04. The number of nitrogens with one attached hydrogen (secondary N) is 1. The Bertz CT molecular complexity index is 1010. The highest BCUT2D eigenvalue weighted by Crippen LogP contribution is 2.61. The van der Waals surface area contributed by atoms with Gasteiger partial charge in [0.2, 0.25) is 0 Å². The SMILES string of the molecule is CC(NC(=O)c1nn(-c2ccc(Br)cc2)c(=O)cc1O)C12CC3CC(CC(C3)C1)C2. The Morgan fingerprint density at radius 1 is 1.17 bits per heavy atom. The van der Waals surface area contributed by atoms with E-state index in [4.69, 9.17) is 0 Å². The van der Waals surface area contributed by atoms with Crippen LogP contribution in [0.25, 0.3) is 5.69 Å². The maximum Gasteiger partial charge on any atom is 0.275 e. The highest BCUT2D eigenvalue weighted by atomic mass is 79.9. The van der Waals surface area contributed by atoms with Crippen molar-refractivity contribution in [3.63, 3.8) is 0 Å². The van der Waals surface area contributed by atoms with Crippen molar-refractivity contribution in [2.24, 2.45) is 23.2 Å². The lowest BCUT2D eigenvalue weighted by Gasteiger charge is -2.59. The minimum Gasteiger partial charge on any atom is -0.505 e. The Labute approximate surface area is 183 Å². The van der Waals surface area contributed by atoms with Gasteiger partial charge in [-0.3, -0.25) is 9.59 Å². The maximum absolute atomic E-state index is 13.1. The molecule has 1 aromatic carbocycles. The van der Waals surface area contributed by atoms with Crippen LogP contribution in [-0.4, -0.2) is 26.8 Å². The predicted molar refractivity (Wildman–Crippen MR) is 117 cm³/mol. The first kappa shape index (κ1) is 19.8. The first-order valence-electron chi connectivity index (χ1n) is 10.7. The largest absolute Gasteiger partial charge is 0.505 e. The molecule has 4 aliphatic rings. The van der Waals surface area contributed by atoms with E-state index < -0.39 is 11.5 Å². The standard InChI is InChI=1S/C23H26BrN3O3/c1-13(23-10-14-6-15(11-23)8-16(7-14)12-23)25-22(30)21-19(28)9-20(29)27(26-21)18-4-2-17(24)3-5-18/h2-5,9,13-16,28H,6-8,10-12H2,1H3,(H,25,30). The van der Waals surface area contributed by atoms with Crippen molar-refractivity contribution in [3.05, 3.63) is 50.9 Å². The summed E-state index contributed by atoms with van der Waals surface area (Å²) in [6, 6.07) is 8.12. The number of nitrogens with zero attached hydrogens (tertiary/aromatic N) is 2. The Kier molecular flexibility index (Phi) is 4.76. The molecule has 0 spiro atoms. The molecule has 2 N–H and O–H groups in total. The molecule has 7 heteroatoms. The highest BCUT2D eigenvalue weighted by Gasteiger charge is 2.53. The van der Waals surface area contributed by atoms with Gasteiger partial charge in [-0.15, -0.1) is 0 Å². The molecule has 1 heterocycles. The molecule has 0 aliphatic heterocycles. The van der Waals surface area contributed by atoms with Crippen molar-refractivity contribution in [1.29, 1.82) is 0 Å². The van der Waals surface area contributed by atoms with Gasteiger partial charge >= 0.3 is 0 Å². The van der Waals surface area contributed by atoms with Crippen LogP contribution in [0.5, 0.6) is 5.75 Å². The molecular weight excluding hydrogens is 446 g/mol. The summed E-state index contributed by atoms with van der Waals surface area (Å²) in [5, 5.41) is 17.6. The zero-order chi connectivity index (χ0) is 21.0. The van der Waals surface area contributed by atoms with E-state index in [0.717, 1.165) is 33.0 Å². The molecule has 0 saturated heterocycles. The molecule has 1 unspecified atom stereocenters. The van der Waals surface area contributed by atoms with Gasteiger partial charge in [0, 0.05) is 16.6 Å². The molecule has 158 valence electrons. The monoisotopic (exact) mass is 471 g/mol. The third-order valence-electron chi connectivity index (χ3n) is 7.55. The van der Waals surface area contributed by atoms with Crippen LogP contribution in [0, 0.1) is 23.2 Å². The second kappa shape index (κ2) is 7.22. The summed E-state index contributed by atoms with van der Waals surface area (Å²) in [7, 11) is 0. The van der Waals surface area contributed by atoms with Crippen molar-refractivity contribution in [2.75, 3.05) is 0 Å². The number of aromatic nitrogens is 2. The molecule has 6 nitrogen and oxygen atoms in total. The molecule has 4 saturated carbocycles.